The fraction of sp³-hybridized carbons (Fsp3) is 0.250. The van der Waals surface area contributed by atoms with Crippen LogP contribution < -0.4 is 0 Å². The van der Waals surface area contributed by atoms with Crippen molar-refractivity contribution in [3.63, 3.8) is 0 Å². The van der Waals surface area contributed by atoms with Gasteiger partial charge in [0, 0.05) is 0 Å². The second kappa shape index (κ2) is 5.15. The van der Waals surface area contributed by atoms with E-state index >= 15 is 0 Å². The molecular weight excluding hydrogens is 284 g/mol. The van der Waals surface area contributed by atoms with Gasteiger partial charge in [-0.2, -0.15) is 13.2 Å². The fourth-order valence-corrected chi connectivity index (χ4v) is 2.16. The molecule has 1 unspecified atom stereocenters. The van der Waals surface area contributed by atoms with Gasteiger partial charge in [-0.25, -0.2) is 4.39 Å². The van der Waals surface area contributed by atoms with Crippen LogP contribution in [0.2, 0.25) is 0 Å². The third-order valence-electron chi connectivity index (χ3n) is 3.41. The molecule has 0 bridgehead atoms. The van der Waals surface area contributed by atoms with Crippen LogP contribution in [0.15, 0.2) is 42.5 Å². The lowest BCUT2D eigenvalue weighted by atomic mass is 9.86. The summed E-state index contributed by atoms with van der Waals surface area (Å²) < 4.78 is 51.6. The van der Waals surface area contributed by atoms with Gasteiger partial charge in [0.05, 0.1) is 5.56 Å². The Bertz CT molecular complexity index is 660. The van der Waals surface area contributed by atoms with Crippen molar-refractivity contribution in [3.8, 4) is 0 Å². The Morgan fingerprint density at radius 1 is 0.952 bits per heavy atom. The highest BCUT2D eigenvalue weighted by atomic mass is 19.4. The molecule has 0 aliphatic rings. The molecule has 0 saturated carbocycles. The minimum atomic E-state index is -4.80. The Balaban J connectivity index is 2.55. The van der Waals surface area contributed by atoms with E-state index in [0.29, 0.717) is 11.6 Å². The van der Waals surface area contributed by atoms with Gasteiger partial charge in [0.2, 0.25) is 0 Å². The Morgan fingerprint density at radius 3 is 2.14 bits per heavy atom. The second-order valence-electron chi connectivity index (χ2n) is 5.13. The van der Waals surface area contributed by atoms with E-state index in [4.69, 9.17) is 0 Å². The van der Waals surface area contributed by atoms with E-state index in [1.807, 2.05) is 13.0 Å². The van der Waals surface area contributed by atoms with E-state index in [2.05, 4.69) is 0 Å². The summed E-state index contributed by atoms with van der Waals surface area (Å²) in [5.41, 5.74) is -1.72. The first-order valence-corrected chi connectivity index (χ1v) is 6.29. The number of aliphatic hydroxyl groups is 1. The molecule has 1 nitrogen and oxygen atoms in total. The molecule has 21 heavy (non-hydrogen) atoms. The largest absolute Gasteiger partial charge is 0.419 e. The van der Waals surface area contributed by atoms with Crippen molar-refractivity contribution in [2.75, 3.05) is 0 Å². The third-order valence-corrected chi connectivity index (χ3v) is 3.41. The molecular formula is C16H14F4O. The first-order valence-electron chi connectivity index (χ1n) is 6.29. The molecule has 0 aromatic heterocycles. The predicted molar refractivity (Wildman–Crippen MR) is 71.3 cm³/mol. The number of hydrogen-bond acceptors (Lipinski definition) is 1. The van der Waals surface area contributed by atoms with Gasteiger partial charge in [0.15, 0.2) is 0 Å². The molecule has 2 aromatic rings. The maximum Gasteiger partial charge on any atom is 0.419 e. The minimum Gasteiger partial charge on any atom is -0.381 e. The summed E-state index contributed by atoms with van der Waals surface area (Å²) >= 11 is 0. The van der Waals surface area contributed by atoms with Crippen molar-refractivity contribution in [3.05, 3.63) is 70.5 Å². The van der Waals surface area contributed by atoms with Crippen molar-refractivity contribution in [1.82, 2.24) is 0 Å². The van der Waals surface area contributed by atoms with Crippen LogP contribution >= 0.6 is 0 Å². The van der Waals surface area contributed by atoms with Crippen molar-refractivity contribution < 1.29 is 22.7 Å². The Kier molecular flexibility index (Phi) is 3.80. The predicted octanol–water partition coefficient (Wildman–Crippen LogP) is 4.41. The van der Waals surface area contributed by atoms with Gasteiger partial charge < -0.3 is 5.11 Å². The lowest BCUT2D eigenvalue weighted by Gasteiger charge is -2.26. The van der Waals surface area contributed by atoms with E-state index in [0.717, 1.165) is 17.7 Å². The van der Waals surface area contributed by atoms with Gasteiger partial charge in [-0.15, -0.1) is 0 Å². The van der Waals surface area contributed by atoms with E-state index in [9.17, 15) is 22.7 Å². The summed E-state index contributed by atoms with van der Waals surface area (Å²) in [4.78, 5) is 0. The van der Waals surface area contributed by atoms with Crippen LogP contribution in [0, 0.1) is 12.7 Å². The third kappa shape index (κ3) is 3.08. The zero-order chi connectivity index (χ0) is 15.8. The molecule has 0 radical (unpaired) electrons. The Morgan fingerprint density at radius 2 is 1.57 bits per heavy atom. The van der Waals surface area contributed by atoms with Gasteiger partial charge in [-0.05, 0) is 37.1 Å². The van der Waals surface area contributed by atoms with Crippen molar-refractivity contribution >= 4 is 0 Å². The molecule has 0 aliphatic carbocycles. The standard InChI is InChI=1S/C16H14F4O/c1-10-4-3-5-11(8-10)15(2,21)12-6-7-14(17)13(9-12)16(18,19)20/h3-9,21H,1-2H3. The zero-order valence-corrected chi connectivity index (χ0v) is 11.5. The number of hydrogen-bond donors (Lipinski definition) is 1. The fourth-order valence-electron chi connectivity index (χ4n) is 2.16. The quantitative estimate of drug-likeness (QED) is 0.814. The van der Waals surface area contributed by atoms with E-state index in [-0.39, 0.29) is 5.56 Å². The average Bonchev–Trinajstić information content (AvgIpc) is 2.37. The summed E-state index contributed by atoms with van der Waals surface area (Å²) in [6, 6.07) is 9.34. The minimum absolute atomic E-state index is 0.0122. The van der Waals surface area contributed by atoms with Crippen LogP contribution in [-0.4, -0.2) is 5.11 Å². The van der Waals surface area contributed by atoms with Crippen molar-refractivity contribution in [2.45, 2.75) is 25.6 Å². The highest BCUT2D eigenvalue weighted by Gasteiger charge is 2.36. The van der Waals surface area contributed by atoms with Crippen LogP contribution in [0.1, 0.15) is 29.2 Å². The lowest BCUT2D eigenvalue weighted by molar-refractivity contribution is -0.140. The van der Waals surface area contributed by atoms with Crippen LogP contribution in [-0.2, 0) is 11.8 Å². The van der Waals surface area contributed by atoms with Crippen molar-refractivity contribution in [1.29, 1.82) is 0 Å². The van der Waals surface area contributed by atoms with Gasteiger partial charge in [0.25, 0.3) is 0 Å². The molecule has 0 amide bonds. The smallest absolute Gasteiger partial charge is 0.381 e. The highest BCUT2D eigenvalue weighted by Crippen LogP contribution is 2.36. The highest BCUT2D eigenvalue weighted by molar-refractivity contribution is 5.39. The summed E-state index contributed by atoms with van der Waals surface area (Å²) in [5, 5.41) is 10.6. The summed E-state index contributed by atoms with van der Waals surface area (Å²) in [7, 11) is 0. The van der Waals surface area contributed by atoms with Gasteiger partial charge in [-0.3, -0.25) is 0 Å². The molecule has 0 fully saturated rings. The molecule has 1 N–H and O–H groups in total. The molecule has 0 saturated heterocycles. The van der Waals surface area contributed by atoms with Crippen molar-refractivity contribution in [2.24, 2.45) is 0 Å². The molecule has 0 spiro atoms. The Labute approximate surface area is 119 Å². The number of rotatable bonds is 2. The van der Waals surface area contributed by atoms with E-state index < -0.39 is 23.2 Å². The van der Waals surface area contributed by atoms with Crippen LogP contribution in [0.5, 0.6) is 0 Å². The number of aryl methyl sites for hydroxylation is 1. The molecule has 5 heteroatoms. The lowest BCUT2D eigenvalue weighted by Crippen LogP contribution is -2.24. The van der Waals surface area contributed by atoms with Gasteiger partial charge >= 0.3 is 6.18 Å². The molecule has 2 aromatic carbocycles. The van der Waals surface area contributed by atoms with Gasteiger partial charge in [-0.1, -0.05) is 35.9 Å². The molecule has 1 atom stereocenters. The molecule has 0 heterocycles. The molecule has 112 valence electrons. The van der Waals surface area contributed by atoms with Crippen LogP contribution in [0.3, 0.4) is 0 Å². The normalized spacial score (nSPS) is 14.8. The van der Waals surface area contributed by atoms with Crippen LogP contribution in [0.4, 0.5) is 17.6 Å². The molecule has 2 rings (SSSR count). The van der Waals surface area contributed by atoms with Gasteiger partial charge in [0.1, 0.15) is 11.4 Å². The SMILES string of the molecule is Cc1cccc(C(C)(O)c2ccc(F)c(C(F)(F)F)c2)c1. The zero-order valence-electron chi connectivity index (χ0n) is 11.5. The maximum atomic E-state index is 13.3. The number of alkyl halides is 3. The van der Waals surface area contributed by atoms with Crippen LogP contribution in [0.25, 0.3) is 0 Å². The average molecular weight is 298 g/mol. The monoisotopic (exact) mass is 298 g/mol. The number of halogens is 4. The van der Waals surface area contributed by atoms with E-state index in [1.165, 1.54) is 6.92 Å². The maximum absolute atomic E-state index is 13.3. The summed E-state index contributed by atoms with van der Waals surface area (Å²) in [6.07, 6.45) is -4.80. The summed E-state index contributed by atoms with van der Waals surface area (Å²) in [5.74, 6) is -1.36. The molecule has 0 aliphatic heterocycles. The van der Waals surface area contributed by atoms with E-state index in [1.54, 1.807) is 18.2 Å². The Hall–Kier alpha value is -1.88. The second-order valence-corrected chi connectivity index (χ2v) is 5.13. The first-order chi connectivity index (χ1) is 9.62. The first kappa shape index (κ1) is 15.5. The number of benzene rings is 2. The summed E-state index contributed by atoms with van der Waals surface area (Å²) in [6.45, 7) is 3.19. The topological polar surface area (TPSA) is 20.2 Å².